The number of nitrogens with zero attached hydrogens (tertiary/aromatic N) is 2. The highest BCUT2D eigenvalue weighted by molar-refractivity contribution is 14.0. The van der Waals surface area contributed by atoms with Crippen molar-refractivity contribution in [1.29, 1.82) is 0 Å². The third-order valence-electron chi connectivity index (χ3n) is 4.98. The van der Waals surface area contributed by atoms with Gasteiger partial charge in [0.05, 0.1) is 0 Å². The van der Waals surface area contributed by atoms with E-state index in [9.17, 15) is 4.79 Å². The Morgan fingerprint density at radius 3 is 2.46 bits per heavy atom. The van der Waals surface area contributed by atoms with E-state index in [-0.39, 0.29) is 36.4 Å². The lowest BCUT2D eigenvalue weighted by atomic mass is 9.86. The van der Waals surface area contributed by atoms with Gasteiger partial charge in [0.2, 0.25) is 5.91 Å². The number of guanidine groups is 1. The van der Waals surface area contributed by atoms with Gasteiger partial charge in [-0.05, 0) is 38.5 Å². The molecule has 0 aromatic heterocycles. The highest BCUT2D eigenvalue weighted by Crippen LogP contribution is 2.26. The van der Waals surface area contributed by atoms with Gasteiger partial charge in [-0.3, -0.25) is 4.79 Å². The lowest BCUT2D eigenvalue weighted by Crippen LogP contribution is -2.39. The van der Waals surface area contributed by atoms with Gasteiger partial charge in [-0.15, -0.1) is 24.0 Å². The van der Waals surface area contributed by atoms with E-state index in [1.165, 1.54) is 44.9 Å². The summed E-state index contributed by atoms with van der Waals surface area (Å²) in [6.07, 6.45) is 11.9. The first-order valence-electron chi connectivity index (χ1n) is 9.59. The van der Waals surface area contributed by atoms with Crippen molar-refractivity contribution in [2.24, 2.45) is 10.9 Å². The van der Waals surface area contributed by atoms with E-state index in [2.05, 4.69) is 22.5 Å². The zero-order chi connectivity index (χ0) is 16.3. The number of nitrogens with one attached hydrogen (secondary N) is 2. The summed E-state index contributed by atoms with van der Waals surface area (Å²) in [7, 11) is 0. The van der Waals surface area contributed by atoms with Crippen LogP contribution >= 0.6 is 24.0 Å². The average molecular weight is 450 g/mol. The molecule has 1 saturated heterocycles. The van der Waals surface area contributed by atoms with E-state index in [4.69, 9.17) is 0 Å². The second-order valence-electron chi connectivity index (χ2n) is 6.86. The normalized spacial score (nSPS) is 19.0. The molecule has 1 heterocycles. The van der Waals surface area contributed by atoms with Gasteiger partial charge in [0.1, 0.15) is 6.54 Å². The summed E-state index contributed by atoms with van der Waals surface area (Å²) in [6.45, 7) is 5.89. The summed E-state index contributed by atoms with van der Waals surface area (Å²) in [4.78, 5) is 18.4. The first-order chi connectivity index (χ1) is 11.3. The first-order valence-corrected chi connectivity index (χ1v) is 9.59. The molecular formula is C18H35IN4O. The molecule has 2 N–H and O–H groups in total. The molecule has 0 radical (unpaired) electrons. The van der Waals surface area contributed by atoms with Crippen LogP contribution in [0.4, 0.5) is 0 Å². The Hall–Kier alpha value is -0.530. The lowest BCUT2D eigenvalue weighted by molar-refractivity contribution is -0.128. The molecule has 6 heteroatoms. The molecule has 1 aliphatic heterocycles. The summed E-state index contributed by atoms with van der Waals surface area (Å²) in [6, 6.07) is 0. The summed E-state index contributed by atoms with van der Waals surface area (Å²) in [5, 5.41) is 6.61. The fourth-order valence-electron chi connectivity index (χ4n) is 3.63. The van der Waals surface area contributed by atoms with Crippen LogP contribution in [0.1, 0.15) is 64.7 Å². The van der Waals surface area contributed by atoms with Crippen molar-refractivity contribution < 1.29 is 4.79 Å². The SMILES string of the molecule is CCNC(=NCC(=O)N1CCCC1)NCCCC1CCCCC1.I. The Morgan fingerprint density at radius 1 is 1.08 bits per heavy atom. The minimum atomic E-state index is 0. The standard InChI is InChI=1S/C18H34N4O.HI/c1-2-19-18(21-15-17(23)22-13-6-7-14-22)20-12-8-11-16-9-4-3-5-10-16;/h16H,2-15H2,1H3,(H2,19,20,21);1H. The van der Waals surface area contributed by atoms with Gasteiger partial charge in [0.25, 0.3) is 0 Å². The van der Waals surface area contributed by atoms with E-state index in [0.29, 0.717) is 0 Å². The van der Waals surface area contributed by atoms with E-state index in [0.717, 1.165) is 50.9 Å². The maximum atomic E-state index is 12.1. The fourth-order valence-corrected chi connectivity index (χ4v) is 3.63. The number of carbonyl (C=O) groups is 1. The van der Waals surface area contributed by atoms with Crippen LogP contribution in [0, 0.1) is 5.92 Å². The van der Waals surface area contributed by atoms with Gasteiger partial charge in [-0.2, -0.15) is 0 Å². The zero-order valence-corrected chi connectivity index (χ0v) is 17.5. The van der Waals surface area contributed by atoms with Crippen LogP contribution in [-0.2, 0) is 4.79 Å². The smallest absolute Gasteiger partial charge is 0.244 e. The third kappa shape index (κ3) is 8.03. The Morgan fingerprint density at radius 2 is 1.79 bits per heavy atom. The second kappa shape index (κ2) is 12.8. The number of halogens is 1. The number of hydrogen-bond acceptors (Lipinski definition) is 2. The van der Waals surface area contributed by atoms with E-state index < -0.39 is 0 Å². The van der Waals surface area contributed by atoms with Gasteiger partial charge in [0.15, 0.2) is 5.96 Å². The van der Waals surface area contributed by atoms with Crippen LogP contribution in [0.25, 0.3) is 0 Å². The predicted octanol–water partition coefficient (Wildman–Crippen LogP) is 3.14. The Balaban J connectivity index is 0.00000288. The number of likely N-dealkylation sites (tertiary alicyclic amines) is 1. The summed E-state index contributed by atoms with van der Waals surface area (Å²) >= 11 is 0. The topological polar surface area (TPSA) is 56.7 Å². The van der Waals surface area contributed by atoms with Crippen molar-refractivity contribution in [2.75, 3.05) is 32.7 Å². The molecule has 5 nitrogen and oxygen atoms in total. The third-order valence-corrected chi connectivity index (χ3v) is 4.98. The molecule has 0 spiro atoms. The summed E-state index contributed by atoms with van der Waals surface area (Å²) < 4.78 is 0. The average Bonchev–Trinajstić information content (AvgIpc) is 3.11. The van der Waals surface area contributed by atoms with Crippen LogP contribution in [0.2, 0.25) is 0 Å². The zero-order valence-electron chi connectivity index (χ0n) is 15.2. The minimum absolute atomic E-state index is 0. The highest BCUT2D eigenvalue weighted by Gasteiger charge is 2.17. The van der Waals surface area contributed by atoms with E-state index in [1.807, 2.05) is 4.90 Å². The molecule has 1 saturated carbocycles. The maximum Gasteiger partial charge on any atom is 0.244 e. The fraction of sp³-hybridized carbons (Fsp3) is 0.889. The molecule has 2 rings (SSSR count). The Bertz CT molecular complexity index is 377. The minimum Gasteiger partial charge on any atom is -0.357 e. The number of rotatable bonds is 7. The largest absolute Gasteiger partial charge is 0.357 e. The number of hydrogen-bond donors (Lipinski definition) is 2. The highest BCUT2D eigenvalue weighted by atomic mass is 127. The molecule has 0 aromatic rings. The van der Waals surface area contributed by atoms with Crippen LogP contribution in [-0.4, -0.2) is 49.5 Å². The predicted molar refractivity (Wildman–Crippen MR) is 111 cm³/mol. The van der Waals surface area contributed by atoms with Crippen LogP contribution in [0.3, 0.4) is 0 Å². The molecule has 0 bridgehead atoms. The molecule has 2 aliphatic rings. The second-order valence-corrected chi connectivity index (χ2v) is 6.86. The molecule has 24 heavy (non-hydrogen) atoms. The van der Waals surface area contributed by atoms with Crippen LogP contribution < -0.4 is 10.6 Å². The van der Waals surface area contributed by atoms with Gasteiger partial charge in [-0.25, -0.2) is 4.99 Å². The lowest BCUT2D eigenvalue weighted by Gasteiger charge is -2.21. The Labute approximate surface area is 164 Å². The van der Waals surface area contributed by atoms with Crippen molar-refractivity contribution in [3.8, 4) is 0 Å². The van der Waals surface area contributed by atoms with Crippen molar-refractivity contribution >= 4 is 35.8 Å². The molecule has 2 fully saturated rings. The van der Waals surface area contributed by atoms with Gasteiger partial charge < -0.3 is 15.5 Å². The first kappa shape index (κ1) is 21.5. The monoisotopic (exact) mass is 450 g/mol. The van der Waals surface area contributed by atoms with Gasteiger partial charge in [-0.1, -0.05) is 32.1 Å². The Kier molecular flexibility index (Phi) is 11.5. The summed E-state index contributed by atoms with van der Waals surface area (Å²) in [5.41, 5.74) is 0. The van der Waals surface area contributed by atoms with Crippen molar-refractivity contribution in [1.82, 2.24) is 15.5 Å². The molecule has 1 amide bonds. The summed E-state index contributed by atoms with van der Waals surface area (Å²) in [5.74, 6) is 1.87. The van der Waals surface area contributed by atoms with E-state index in [1.54, 1.807) is 0 Å². The van der Waals surface area contributed by atoms with E-state index >= 15 is 0 Å². The number of amides is 1. The van der Waals surface area contributed by atoms with Crippen LogP contribution in [0.15, 0.2) is 4.99 Å². The van der Waals surface area contributed by atoms with Crippen molar-refractivity contribution in [2.45, 2.75) is 64.7 Å². The number of aliphatic imine (C=N–C) groups is 1. The quantitative estimate of drug-likeness (QED) is 0.271. The number of carbonyl (C=O) groups excluding carboxylic acids is 1. The molecule has 0 aromatic carbocycles. The molecule has 140 valence electrons. The van der Waals surface area contributed by atoms with Crippen LogP contribution in [0.5, 0.6) is 0 Å². The molecule has 1 aliphatic carbocycles. The van der Waals surface area contributed by atoms with Gasteiger partial charge in [0, 0.05) is 26.2 Å². The molecule has 0 unspecified atom stereocenters. The maximum absolute atomic E-state index is 12.1. The molecular weight excluding hydrogens is 415 g/mol. The van der Waals surface area contributed by atoms with Gasteiger partial charge >= 0.3 is 0 Å². The molecule has 0 atom stereocenters. The van der Waals surface area contributed by atoms with Crippen molar-refractivity contribution in [3.63, 3.8) is 0 Å². The van der Waals surface area contributed by atoms with Crippen molar-refractivity contribution in [3.05, 3.63) is 0 Å².